The number of nitrogens with zero attached hydrogens (tertiary/aromatic N) is 3. The van der Waals surface area contributed by atoms with E-state index >= 15 is 0 Å². The zero-order chi connectivity index (χ0) is 18.8. The molecule has 2 heterocycles. The van der Waals surface area contributed by atoms with Crippen molar-refractivity contribution < 1.29 is 14.7 Å². The van der Waals surface area contributed by atoms with Gasteiger partial charge >= 0.3 is 0 Å². The molecule has 0 saturated carbocycles. The highest BCUT2D eigenvalue weighted by molar-refractivity contribution is 5.98. The third kappa shape index (κ3) is 6.00. The first-order valence-corrected chi connectivity index (χ1v) is 9.27. The highest BCUT2D eigenvalue weighted by Crippen LogP contribution is 2.24. The Hall–Kier alpha value is -2.12. The van der Waals surface area contributed by atoms with E-state index < -0.39 is 12.0 Å². The summed E-state index contributed by atoms with van der Waals surface area (Å²) in [5.41, 5.74) is 6.02. The number of nitrogens with two attached hydrogens (primary N) is 1. The zero-order valence-corrected chi connectivity index (χ0v) is 15.1. The summed E-state index contributed by atoms with van der Waals surface area (Å²) in [7, 11) is 0. The Kier molecular flexibility index (Phi) is 8.37. The fourth-order valence-electron chi connectivity index (χ4n) is 3.02. The standard InChI is InChI=1S/C19H28N4O3/c20-9-3-1-2-6-17(24)22-14-16(19(26)23-12-4-5-13-23)18(25)15-7-10-21-11-8-15/h7-8,10-11,14,16,18,25H,1-6,9,12-13,20H2/t16?,18-/m0/s1. The summed E-state index contributed by atoms with van der Waals surface area (Å²) < 4.78 is 0. The summed E-state index contributed by atoms with van der Waals surface area (Å²) in [6.45, 7) is 1.97. The topological polar surface area (TPSA) is 109 Å². The largest absolute Gasteiger partial charge is 0.387 e. The van der Waals surface area contributed by atoms with Crippen molar-refractivity contribution in [1.82, 2.24) is 9.88 Å². The molecular formula is C19H28N4O3. The Morgan fingerprint density at radius 3 is 2.58 bits per heavy atom. The summed E-state index contributed by atoms with van der Waals surface area (Å²) in [5, 5.41) is 10.7. The summed E-state index contributed by atoms with van der Waals surface area (Å²) in [6, 6.07) is 3.33. The van der Waals surface area contributed by atoms with Crippen molar-refractivity contribution in [3.63, 3.8) is 0 Å². The number of amides is 2. The number of rotatable bonds is 9. The van der Waals surface area contributed by atoms with Gasteiger partial charge in [0.25, 0.3) is 0 Å². The van der Waals surface area contributed by atoms with Crippen molar-refractivity contribution in [2.45, 2.75) is 44.6 Å². The van der Waals surface area contributed by atoms with Gasteiger partial charge in [0.05, 0.1) is 6.10 Å². The second-order valence-electron chi connectivity index (χ2n) is 6.55. The van der Waals surface area contributed by atoms with Crippen LogP contribution in [0.2, 0.25) is 0 Å². The minimum Gasteiger partial charge on any atom is -0.387 e. The molecule has 2 rings (SSSR count). The Morgan fingerprint density at radius 2 is 1.92 bits per heavy atom. The molecule has 1 aromatic heterocycles. The number of aliphatic imine (C=N–C) groups is 1. The van der Waals surface area contributed by atoms with Crippen molar-refractivity contribution in [1.29, 1.82) is 0 Å². The van der Waals surface area contributed by atoms with Crippen LogP contribution in [0.25, 0.3) is 0 Å². The molecular weight excluding hydrogens is 332 g/mol. The Labute approximate surface area is 154 Å². The number of pyridine rings is 1. The van der Waals surface area contributed by atoms with Crippen molar-refractivity contribution in [2.75, 3.05) is 19.6 Å². The maximum atomic E-state index is 12.8. The van der Waals surface area contributed by atoms with Gasteiger partial charge in [0.2, 0.25) is 11.8 Å². The highest BCUT2D eigenvalue weighted by atomic mass is 16.3. The SMILES string of the molecule is NCCCCCC(=O)N=CC(C(=O)N1CCCC1)[C@@H](O)c1ccncc1. The van der Waals surface area contributed by atoms with Gasteiger partial charge in [-0.2, -0.15) is 0 Å². The molecule has 1 unspecified atom stereocenters. The van der Waals surface area contributed by atoms with E-state index in [0.717, 1.165) is 32.1 Å². The van der Waals surface area contributed by atoms with Crippen molar-refractivity contribution >= 4 is 18.0 Å². The van der Waals surface area contributed by atoms with Crippen LogP contribution in [0.5, 0.6) is 0 Å². The van der Waals surface area contributed by atoms with Crippen molar-refractivity contribution in [3.8, 4) is 0 Å². The summed E-state index contributed by atoms with van der Waals surface area (Å²) >= 11 is 0. The normalized spacial score (nSPS) is 16.8. The van der Waals surface area contributed by atoms with Crippen LogP contribution < -0.4 is 5.73 Å². The number of hydrogen-bond donors (Lipinski definition) is 2. The molecule has 1 fully saturated rings. The van der Waals surface area contributed by atoms with Gasteiger partial charge in [-0.15, -0.1) is 0 Å². The zero-order valence-electron chi connectivity index (χ0n) is 15.1. The van der Waals surface area contributed by atoms with Gasteiger partial charge in [-0.3, -0.25) is 14.6 Å². The van der Waals surface area contributed by atoms with Gasteiger partial charge in [-0.1, -0.05) is 6.42 Å². The van der Waals surface area contributed by atoms with Crippen molar-refractivity contribution in [3.05, 3.63) is 30.1 Å². The molecule has 1 aromatic rings. The van der Waals surface area contributed by atoms with Crippen LogP contribution >= 0.6 is 0 Å². The molecule has 0 spiro atoms. The first kappa shape index (κ1) is 20.2. The third-order valence-corrected chi connectivity index (χ3v) is 4.56. The summed E-state index contributed by atoms with van der Waals surface area (Å²) in [4.78, 5) is 34.4. The van der Waals surface area contributed by atoms with Crippen LogP contribution in [0.3, 0.4) is 0 Å². The molecule has 0 bridgehead atoms. The highest BCUT2D eigenvalue weighted by Gasteiger charge is 2.31. The van der Waals surface area contributed by atoms with Gasteiger partial charge in [0, 0.05) is 38.1 Å². The number of unbranched alkanes of at least 4 members (excludes halogenated alkanes) is 2. The van der Waals surface area contributed by atoms with E-state index in [9.17, 15) is 14.7 Å². The average Bonchev–Trinajstić information content (AvgIpc) is 3.20. The number of aliphatic hydroxyl groups excluding tert-OH is 1. The van der Waals surface area contributed by atoms with Gasteiger partial charge < -0.3 is 15.7 Å². The fraction of sp³-hybridized carbons (Fsp3) is 0.579. The Morgan fingerprint density at radius 1 is 1.23 bits per heavy atom. The maximum Gasteiger partial charge on any atom is 0.245 e. The number of carbonyl (C=O) groups excluding carboxylic acids is 2. The molecule has 26 heavy (non-hydrogen) atoms. The van der Waals surface area contributed by atoms with E-state index in [1.165, 1.54) is 6.21 Å². The minimum atomic E-state index is -1.06. The molecule has 1 aliphatic rings. The van der Waals surface area contributed by atoms with Crippen LogP contribution in [0.15, 0.2) is 29.5 Å². The van der Waals surface area contributed by atoms with E-state index in [1.807, 2.05) is 0 Å². The molecule has 142 valence electrons. The van der Waals surface area contributed by atoms with Crippen LogP contribution in [-0.4, -0.2) is 52.7 Å². The molecule has 0 aromatic carbocycles. The number of carbonyl (C=O) groups is 2. The summed E-state index contributed by atoms with van der Waals surface area (Å²) in [6.07, 6.45) is 8.13. The molecule has 2 atom stereocenters. The Balaban J connectivity index is 2.06. The van der Waals surface area contributed by atoms with Crippen molar-refractivity contribution in [2.24, 2.45) is 16.6 Å². The number of aromatic nitrogens is 1. The third-order valence-electron chi connectivity index (χ3n) is 4.56. The lowest BCUT2D eigenvalue weighted by Gasteiger charge is -2.24. The fourth-order valence-corrected chi connectivity index (χ4v) is 3.02. The first-order chi connectivity index (χ1) is 12.6. The van der Waals surface area contributed by atoms with E-state index in [-0.39, 0.29) is 11.8 Å². The smallest absolute Gasteiger partial charge is 0.245 e. The molecule has 1 saturated heterocycles. The molecule has 3 N–H and O–H groups in total. The van der Waals surface area contributed by atoms with E-state index in [1.54, 1.807) is 29.4 Å². The minimum absolute atomic E-state index is 0.188. The lowest BCUT2D eigenvalue weighted by Crippen LogP contribution is -2.37. The number of likely N-dealkylation sites (tertiary alicyclic amines) is 1. The molecule has 2 amide bonds. The molecule has 1 aliphatic heterocycles. The maximum absolute atomic E-state index is 12.8. The van der Waals surface area contributed by atoms with E-state index in [2.05, 4.69) is 9.98 Å². The van der Waals surface area contributed by atoms with Crippen LogP contribution in [-0.2, 0) is 9.59 Å². The van der Waals surface area contributed by atoms with Crippen LogP contribution in [0.1, 0.15) is 50.2 Å². The van der Waals surface area contributed by atoms with E-state index in [4.69, 9.17) is 5.73 Å². The number of aliphatic hydroxyl groups is 1. The monoisotopic (exact) mass is 360 g/mol. The van der Waals surface area contributed by atoms with Gasteiger partial charge in [-0.05, 0) is 49.9 Å². The van der Waals surface area contributed by atoms with Gasteiger partial charge in [0.1, 0.15) is 5.92 Å². The van der Waals surface area contributed by atoms with Gasteiger partial charge in [0.15, 0.2) is 0 Å². The predicted octanol–water partition coefficient (Wildman–Crippen LogP) is 1.47. The van der Waals surface area contributed by atoms with E-state index in [0.29, 0.717) is 31.6 Å². The second-order valence-corrected chi connectivity index (χ2v) is 6.55. The van der Waals surface area contributed by atoms with Gasteiger partial charge in [-0.25, -0.2) is 4.99 Å². The second kappa shape index (κ2) is 10.8. The van der Waals surface area contributed by atoms with Crippen LogP contribution in [0.4, 0.5) is 0 Å². The Bertz CT molecular complexity index is 600. The number of hydrogen-bond acceptors (Lipinski definition) is 5. The molecule has 7 heteroatoms. The molecule has 7 nitrogen and oxygen atoms in total. The first-order valence-electron chi connectivity index (χ1n) is 9.27. The molecule has 0 radical (unpaired) electrons. The average molecular weight is 360 g/mol. The van der Waals surface area contributed by atoms with Crippen LogP contribution in [0, 0.1) is 5.92 Å². The molecule has 0 aliphatic carbocycles. The lowest BCUT2D eigenvalue weighted by atomic mass is 9.96. The quantitative estimate of drug-likeness (QED) is 0.512. The predicted molar refractivity (Wildman–Crippen MR) is 99.5 cm³/mol. The lowest BCUT2D eigenvalue weighted by molar-refractivity contribution is -0.135. The summed E-state index contributed by atoms with van der Waals surface area (Å²) in [5.74, 6) is -1.34.